The summed E-state index contributed by atoms with van der Waals surface area (Å²) in [7, 11) is 5.39. The van der Waals surface area contributed by atoms with Crippen LogP contribution >= 0.6 is 0 Å². The van der Waals surface area contributed by atoms with E-state index in [1.54, 1.807) is 11.9 Å². The maximum atomic E-state index is 13.6. The van der Waals surface area contributed by atoms with Crippen molar-refractivity contribution in [3.8, 4) is 0 Å². The molecule has 0 bridgehead atoms. The van der Waals surface area contributed by atoms with Crippen LogP contribution in [0, 0.1) is 20.2 Å². The van der Waals surface area contributed by atoms with E-state index in [1.165, 1.54) is 36.4 Å². The lowest BCUT2D eigenvalue weighted by molar-refractivity contribution is -0.384. The maximum Gasteiger partial charge on any atom is 0.421 e. The summed E-state index contributed by atoms with van der Waals surface area (Å²) in [6.45, 7) is 1.11. The zero-order valence-electron chi connectivity index (χ0n) is 20.0. The molecule has 2 aromatic carbocycles. The lowest BCUT2D eigenvalue weighted by Crippen LogP contribution is -2.28. The Morgan fingerprint density at radius 2 is 1.65 bits per heavy atom. The Morgan fingerprint density at radius 1 is 0.946 bits per heavy atom. The summed E-state index contributed by atoms with van der Waals surface area (Å²) in [5.74, 6) is -0.927. The van der Waals surface area contributed by atoms with Crippen molar-refractivity contribution in [2.75, 3.05) is 49.8 Å². The van der Waals surface area contributed by atoms with Gasteiger partial charge < -0.3 is 20.4 Å². The number of nitro benzene ring substituents is 2. The molecule has 0 spiro atoms. The number of nitrogens with one attached hydrogen (secondary N) is 2. The van der Waals surface area contributed by atoms with E-state index < -0.39 is 27.4 Å². The molecule has 0 saturated heterocycles. The summed E-state index contributed by atoms with van der Waals surface area (Å²) in [5.41, 5.74) is -1.26. The van der Waals surface area contributed by atoms with E-state index in [9.17, 15) is 33.4 Å². The third-order valence-corrected chi connectivity index (χ3v) is 5.14. The van der Waals surface area contributed by atoms with E-state index in [-0.39, 0.29) is 28.7 Å². The number of non-ortho nitro benzene ring substituents is 1. The molecule has 0 saturated carbocycles. The molecule has 37 heavy (non-hydrogen) atoms. The average Bonchev–Trinajstić information content (AvgIpc) is 2.82. The van der Waals surface area contributed by atoms with Gasteiger partial charge in [0.1, 0.15) is 17.1 Å². The molecular weight excluding hydrogens is 497 g/mol. The number of alkyl halides is 3. The van der Waals surface area contributed by atoms with Gasteiger partial charge in [0.25, 0.3) is 11.4 Å². The number of nitrogens with zero attached hydrogens (tertiary/aromatic N) is 6. The lowest BCUT2D eigenvalue weighted by atomic mass is 10.2. The van der Waals surface area contributed by atoms with E-state index in [0.29, 0.717) is 25.0 Å². The minimum absolute atomic E-state index is 0.00181. The van der Waals surface area contributed by atoms with Crippen molar-refractivity contribution in [2.45, 2.75) is 6.18 Å². The fourth-order valence-corrected chi connectivity index (χ4v) is 3.25. The predicted octanol–water partition coefficient (Wildman–Crippen LogP) is 4.80. The van der Waals surface area contributed by atoms with Crippen LogP contribution in [0.3, 0.4) is 0 Å². The van der Waals surface area contributed by atoms with Crippen molar-refractivity contribution in [1.82, 2.24) is 14.9 Å². The Bertz CT molecular complexity index is 1300. The summed E-state index contributed by atoms with van der Waals surface area (Å²) in [6.07, 6.45) is -4.28. The number of anilines is 5. The number of nitro groups is 2. The van der Waals surface area contributed by atoms with Crippen molar-refractivity contribution in [3.63, 3.8) is 0 Å². The van der Waals surface area contributed by atoms with Gasteiger partial charge in [-0.15, -0.1) is 0 Å². The highest BCUT2D eigenvalue weighted by molar-refractivity contribution is 5.72. The Hall–Kier alpha value is -4.53. The van der Waals surface area contributed by atoms with Gasteiger partial charge in [0.15, 0.2) is 0 Å². The number of hydrogen-bond acceptors (Lipinski definition) is 10. The van der Waals surface area contributed by atoms with Crippen molar-refractivity contribution in [2.24, 2.45) is 0 Å². The molecule has 2 N–H and O–H groups in total. The van der Waals surface area contributed by atoms with E-state index in [1.807, 2.05) is 19.0 Å². The monoisotopic (exact) mass is 520 g/mol. The first kappa shape index (κ1) is 27.1. The Labute approximate surface area is 209 Å². The number of aromatic nitrogens is 2. The second-order valence-corrected chi connectivity index (χ2v) is 8.20. The second-order valence-electron chi connectivity index (χ2n) is 8.20. The fourth-order valence-electron chi connectivity index (χ4n) is 3.25. The van der Waals surface area contributed by atoms with Gasteiger partial charge in [-0.25, -0.2) is 4.98 Å². The zero-order chi connectivity index (χ0) is 27.3. The van der Waals surface area contributed by atoms with Gasteiger partial charge in [-0.3, -0.25) is 20.2 Å². The van der Waals surface area contributed by atoms with Crippen LogP contribution < -0.4 is 15.5 Å². The molecule has 196 valence electrons. The molecular formula is C22H23F3N8O4. The Kier molecular flexibility index (Phi) is 8.07. The average molecular weight is 520 g/mol. The first-order chi connectivity index (χ1) is 17.3. The van der Waals surface area contributed by atoms with Crippen molar-refractivity contribution in [3.05, 3.63) is 74.5 Å². The highest BCUT2D eigenvalue weighted by atomic mass is 19.4. The number of halogens is 3. The van der Waals surface area contributed by atoms with Crippen LogP contribution in [-0.2, 0) is 6.18 Å². The van der Waals surface area contributed by atoms with Crippen LogP contribution in [0.5, 0.6) is 0 Å². The summed E-state index contributed by atoms with van der Waals surface area (Å²) in [6, 6.07) is 9.23. The Balaban J connectivity index is 1.95. The van der Waals surface area contributed by atoms with Gasteiger partial charge in [-0.1, -0.05) is 6.07 Å². The van der Waals surface area contributed by atoms with Crippen molar-refractivity contribution in [1.29, 1.82) is 0 Å². The molecule has 0 atom stereocenters. The molecule has 12 nitrogen and oxygen atoms in total. The normalized spacial score (nSPS) is 11.3. The van der Waals surface area contributed by atoms with Crippen LogP contribution in [0.4, 0.5) is 53.4 Å². The molecule has 0 amide bonds. The highest BCUT2D eigenvalue weighted by Gasteiger charge is 2.35. The Morgan fingerprint density at radius 3 is 2.27 bits per heavy atom. The van der Waals surface area contributed by atoms with Crippen LogP contribution in [0.25, 0.3) is 0 Å². The van der Waals surface area contributed by atoms with Gasteiger partial charge in [0.05, 0.1) is 9.85 Å². The molecule has 0 aliphatic rings. The molecule has 3 aromatic rings. The van der Waals surface area contributed by atoms with Crippen molar-refractivity contribution < 1.29 is 23.0 Å². The predicted molar refractivity (Wildman–Crippen MR) is 132 cm³/mol. The van der Waals surface area contributed by atoms with Gasteiger partial charge in [0, 0.05) is 55.9 Å². The van der Waals surface area contributed by atoms with E-state index >= 15 is 0 Å². The quantitative estimate of drug-likeness (QED) is 0.283. The molecule has 1 aromatic heterocycles. The number of likely N-dealkylation sites (N-methyl/N-ethyl adjacent to an activating group) is 2. The minimum Gasteiger partial charge on any atom is -0.368 e. The summed E-state index contributed by atoms with van der Waals surface area (Å²) in [5, 5.41) is 27.8. The first-order valence-corrected chi connectivity index (χ1v) is 10.7. The van der Waals surface area contributed by atoms with Gasteiger partial charge in [0.2, 0.25) is 5.95 Å². The highest BCUT2D eigenvalue weighted by Crippen LogP contribution is 2.37. The van der Waals surface area contributed by atoms with E-state index in [0.717, 1.165) is 6.07 Å². The third-order valence-electron chi connectivity index (χ3n) is 5.14. The molecule has 0 unspecified atom stereocenters. The second kappa shape index (κ2) is 11.0. The molecule has 0 fully saturated rings. The van der Waals surface area contributed by atoms with Crippen LogP contribution in [0.2, 0.25) is 0 Å². The molecule has 3 rings (SSSR count). The lowest BCUT2D eigenvalue weighted by Gasteiger charge is -2.22. The van der Waals surface area contributed by atoms with Gasteiger partial charge >= 0.3 is 6.18 Å². The molecule has 0 aliphatic heterocycles. The summed E-state index contributed by atoms with van der Waals surface area (Å²) in [4.78, 5) is 32.6. The van der Waals surface area contributed by atoms with Crippen LogP contribution in [0.1, 0.15) is 5.56 Å². The number of rotatable bonds is 10. The largest absolute Gasteiger partial charge is 0.421 e. The molecule has 0 radical (unpaired) electrons. The number of benzene rings is 2. The minimum atomic E-state index is -4.83. The topological polar surface area (TPSA) is 143 Å². The van der Waals surface area contributed by atoms with E-state index in [2.05, 4.69) is 20.6 Å². The maximum absolute atomic E-state index is 13.6. The molecule has 1 heterocycles. The van der Waals surface area contributed by atoms with Crippen molar-refractivity contribution >= 4 is 40.2 Å². The summed E-state index contributed by atoms with van der Waals surface area (Å²) >= 11 is 0. The third kappa shape index (κ3) is 7.00. The first-order valence-electron chi connectivity index (χ1n) is 10.7. The van der Waals surface area contributed by atoms with Gasteiger partial charge in [-0.05, 0) is 32.3 Å². The SMILES string of the molecule is CN(C)CCN(C)c1ccc(Nc2nc(Nc3cccc([N+](=O)[O-])c3)ncc2C(F)(F)F)cc1[N+](=O)[O-]. The fraction of sp³-hybridized carbons (Fsp3) is 0.273. The van der Waals surface area contributed by atoms with Crippen LogP contribution in [0.15, 0.2) is 48.7 Å². The standard InChI is InChI=1S/C22H23F3N8O4/c1-30(2)9-10-31(3)18-8-7-15(12-19(18)33(36)37)27-20-17(22(23,24)25)13-26-21(29-20)28-14-5-4-6-16(11-14)32(34)35/h4-8,11-13H,9-10H2,1-3H3,(H2,26,27,28,29). The molecule has 15 heteroatoms. The smallest absolute Gasteiger partial charge is 0.368 e. The van der Waals surface area contributed by atoms with E-state index in [4.69, 9.17) is 0 Å². The summed E-state index contributed by atoms with van der Waals surface area (Å²) < 4.78 is 40.9. The zero-order valence-corrected chi connectivity index (χ0v) is 20.0. The number of hydrogen-bond donors (Lipinski definition) is 2. The van der Waals surface area contributed by atoms with Crippen LogP contribution in [-0.4, -0.2) is 58.9 Å². The molecule has 0 aliphatic carbocycles. The van der Waals surface area contributed by atoms with Gasteiger partial charge in [-0.2, -0.15) is 18.2 Å².